The maximum atomic E-state index is 9.49. The van der Waals surface area contributed by atoms with Gasteiger partial charge in [0.1, 0.15) is 0 Å². The van der Waals surface area contributed by atoms with E-state index < -0.39 is 0 Å². The molecule has 0 aromatic heterocycles. The van der Waals surface area contributed by atoms with Crippen LogP contribution < -0.4 is 5.32 Å². The third-order valence-corrected chi connectivity index (χ3v) is 2.10. The van der Waals surface area contributed by atoms with Crippen LogP contribution in [0.5, 0.6) is 0 Å². The summed E-state index contributed by atoms with van der Waals surface area (Å²) in [4.78, 5) is 0. The van der Waals surface area contributed by atoms with Crippen LogP contribution in [0.25, 0.3) is 0 Å². The summed E-state index contributed by atoms with van der Waals surface area (Å²) in [6.07, 6.45) is 3.13. The molecule has 1 saturated carbocycles. The van der Waals surface area contributed by atoms with Gasteiger partial charge in [-0.25, -0.2) is 0 Å². The molecule has 1 aliphatic carbocycles. The lowest BCUT2D eigenvalue weighted by Crippen LogP contribution is -2.47. The first-order valence-electron chi connectivity index (χ1n) is 4.45. The highest BCUT2D eigenvalue weighted by Crippen LogP contribution is 2.20. The Bertz CT molecular complexity index is 128. The van der Waals surface area contributed by atoms with Gasteiger partial charge in [0.05, 0.1) is 6.10 Å². The maximum Gasteiger partial charge on any atom is 0.0693 e. The van der Waals surface area contributed by atoms with Crippen LogP contribution in [0.1, 0.15) is 40.0 Å². The molecule has 0 aromatic rings. The summed E-state index contributed by atoms with van der Waals surface area (Å²) in [6.45, 7) is 6.41. The first-order chi connectivity index (χ1) is 4.99. The van der Waals surface area contributed by atoms with Gasteiger partial charge >= 0.3 is 0 Å². The smallest absolute Gasteiger partial charge is 0.0693 e. The summed E-state index contributed by atoms with van der Waals surface area (Å²) in [7, 11) is 0. The van der Waals surface area contributed by atoms with Crippen LogP contribution in [0.3, 0.4) is 0 Å². The van der Waals surface area contributed by atoms with Crippen molar-refractivity contribution < 1.29 is 5.11 Å². The molecule has 0 spiro atoms. The Kier molecular flexibility index (Phi) is 2.55. The summed E-state index contributed by atoms with van der Waals surface area (Å²) in [6, 6.07) is 0.329. The molecule has 0 saturated heterocycles. The lowest BCUT2D eigenvalue weighted by Gasteiger charge is -2.27. The number of rotatable bonds is 1. The van der Waals surface area contributed by atoms with Crippen molar-refractivity contribution in [3.63, 3.8) is 0 Å². The Morgan fingerprint density at radius 1 is 1.27 bits per heavy atom. The van der Waals surface area contributed by atoms with E-state index in [0.29, 0.717) is 6.04 Å². The zero-order chi connectivity index (χ0) is 8.48. The quantitative estimate of drug-likeness (QED) is 0.601. The highest BCUT2D eigenvalue weighted by molar-refractivity contribution is 4.87. The Morgan fingerprint density at radius 3 is 2.27 bits per heavy atom. The van der Waals surface area contributed by atoms with Crippen LogP contribution in [-0.2, 0) is 0 Å². The molecule has 0 heterocycles. The maximum absolute atomic E-state index is 9.49. The van der Waals surface area contributed by atoms with Gasteiger partial charge < -0.3 is 10.4 Å². The summed E-state index contributed by atoms with van der Waals surface area (Å²) in [5, 5.41) is 12.9. The SMILES string of the molecule is CC(C)(C)N[C@@H]1CCC[C@H]1O. The molecule has 66 valence electrons. The van der Waals surface area contributed by atoms with E-state index in [0.717, 1.165) is 19.3 Å². The number of hydrogen-bond acceptors (Lipinski definition) is 2. The molecule has 2 heteroatoms. The fourth-order valence-electron chi connectivity index (χ4n) is 1.67. The monoisotopic (exact) mass is 157 g/mol. The standard InChI is InChI=1S/C9H19NO/c1-9(2,3)10-7-5-4-6-8(7)11/h7-8,10-11H,4-6H2,1-3H3/t7-,8-/m1/s1. The van der Waals surface area contributed by atoms with Gasteiger partial charge in [-0.1, -0.05) is 0 Å². The van der Waals surface area contributed by atoms with Crippen molar-refractivity contribution >= 4 is 0 Å². The predicted molar refractivity (Wildman–Crippen MR) is 46.5 cm³/mol. The van der Waals surface area contributed by atoms with E-state index in [4.69, 9.17) is 0 Å². The van der Waals surface area contributed by atoms with E-state index in [9.17, 15) is 5.11 Å². The van der Waals surface area contributed by atoms with Gasteiger partial charge in [-0.05, 0) is 40.0 Å². The summed E-state index contributed by atoms with van der Waals surface area (Å²) >= 11 is 0. The summed E-state index contributed by atoms with van der Waals surface area (Å²) < 4.78 is 0. The molecule has 0 amide bonds. The number of hydrogen-bond donors (Lipinski definition) is 2. The molecule has 1 rings (SSSR count). The number of aliphatic hydroxyl groups excluding tert-OH is 1. The Hall–Kier alpha value is -0.0800. The second kappa shape index (κ2) is 3.11. The van der Waals surface area contributed by atoms with Crippen LogP contribution in [-0.4, -0.2) is 22.8 Å². The average Bonchev–Trinajstić information content (AvgIpc) is 2.12. The van der Waals surface area contributed by atoms with Crippen molar-refractivity contribution in [3.05, 3.63) is 0 Å². The van der Waals surface area contributed by atoms with Crippen molar-refractivity contribution in [3.8, 4) is 0 Å². The average molecular weight is 157 g/mol. The highest BCUT2D eigenvalue weighted by atomic mass is 16.3. The molecule has 0 unspecified atom stereocenters. The molecule has 0 radical (unpaired) electrons. The molecule has 0 bridgehead atoms. The van der Waals surface area contributed by atoms with Gasteiger partial charge in [-0.3, -0.25) is 0 Å². The van der Waals surface area contributed by atoms with E-state index in [2.05, 4.69) is 26.1 Å². The highest BCUT2D eigenvalue weighted by Gasteiger charge is 2.27. The van der Waals surface area contributed by atoms with Gasteiger partial charge in [0.15, 0.2) is 0 Å². The van der Waals surface area contributed by atoms with Crippen LogP contribution in [0.2, 0.25) is 0 Å². The molecule has 0 aromatic carbocycles. The zero-order valence-electron chi connectivity index (χ0n) is 7.72. The fraction of sp³-hybridized carbons (Fsp3) is 1.00. The first-order valence-corrected chi connectivity index (χ1v) is 4.45. The third-order valence-electron chi connectivity index (χ3n) is 2.10. The molecule has 2 atom stereocenters. The Morgan fingerprint density at radius 2 is 1.91 bits per heavy atom. The molecular weight excluding hydrogens is 138 g/mol. The molecule has 2 nitrogen and oxygen atoms in total. The lowest BCUT2D eigenvalue weighted by atomic mass is 10.1. The minimum atomic E-state index is -0.116. The predicted octanol–water partition coefficient (Wildman–Crippen LogP) is 1.29. The third kappa shape index (κ3) is 2.80. The van der Waals surface area contributed by atoms with Crippen LogP contribution in [0, 0.1) is 0 Å². The number of nitrogens with one attached hydrogen (secondary N) is 1. The van der Waals surface area contributed by atoms with E-state index >= 15 is 0 Å². The number of aliphatic hydroxyl groups is 1. The van der Waals surface area contributed by atoms with E-state index in [1.165, 1.54) is 0 Å². The molecule has 11 heavy (non-hydrogen) atoms. The molecule has 1 aliphatic rings. The van der Waals surface area contributed by atoms with Gasteiger partial charge in [0, 0.05) is 11.6 Å². The van der Waals surface area contributed by atoms with Crippen molar-refractivity contribution in [1.29, 1.82) is 0 Å². The second-order valence-corrected chi connectivity index (χ2v) is 4.50. The zero-order valence-corrected chi connectivity index (χ0v) is 7.72. The fourth-order valence-corrected chi connectivity index (χ4v) is 1.67. The van der Waals surface area contributed by atoms with Crippen molar-refractivity contribution in [1.82, 2.24) is 5.32 Å². The van der Waals surface area contributed by atoms with E-state index in [1.54, 1.807) is 0 Å². The summed E-state index contributed by atoms with van der Waals surface area (Å²) in [5.41, 5.74) is 0.135. The largest absolute Gasteiger partial charge is 0.392 e. The van der Waals surface area contributed by atoms with E-state index in [1.807, 2.05) is 0 Å². The van der Waals surface area contributed by atoms with Crippen LogP contribution in [0.15, 0.2) is 0 Å². The second-order valence-electron chi connectivity index (χ2n) is 4.50. The van der Waals surface area contributed by atoms with Gasteiger partial charge in [-0.2, -0.15) is 0 Å². The molecule has 1 fully saturated rings. The first kappa shape index (κ1) is 9.01. The van der Waals surface area contributed by atoms with Crippen molar-refractivity contribution in [2.45, 2.75) is 57.7 Å². The molecule has 2 N–H and O–H groups in total. The van der Waals surface area contributed by atoms with Gasteiger partial charge in [0.2, 0.25) is 0 Å². The van der Waals surface area contributed by atoms with Crippen molar-refractivity contribution in [2.24, 2.45) is 0 Å². The van der Waals surface area contributed by atoms with Gasteiger partial charge in [0.25, 0.3) is 0 Å². The van der Waals surface area contributed by atoms with Crippen molar-refractivity contribution in [2.75, 3.05) is 0 Å². The minimum Gasteiger partial charge on any atom is -0.392 e. The van der Waals surface area contributed by atoms with Crippen LogP contribution >= 0.6 is 0 Å². The molecular formula is C9H19NO. The normalized spacial score (nSPS) is 32.7. The molecule has 0 aliphatic heterocycles. The minimum absolute atomic E-state index is 0.116. The summed E-state index contributed by atoms with van der Waals surface area (Å²) in [5.74, 6) is 0. The Labute approximate surface area is 69.0 Å². The van der Waals surface area contributed by atoms with Gasteiger partial charge in [-0.15, -0.1) is 0 Å². The van der Waals surface area contributed by atoms with Crippen LogP contribution in [0.4, 0.5) is 0 Å². The topological polar surface area (TPSA) is 32.3 Å². The lowest BCUT2D eigenvalue weighted by molar-refractivity contribution is 0.135. The van der Waals surface area contributed by atoms with E-state index in [-0.39, 0.29) is 11.6 Å². The Balaban J connectivity index is 2.37.